The molecule has 1 N–H and O–H groups in total. The molecule has 130 valence electrons. The van der Waals surface area contributed by atoms with Gasteiger partial charge in [-0.05, 0) is 31.5 Å². The summed E-state index contributed by atoms with van der Waals surface area (Å²) >= 11 is 0. The predicted octanol–water partition coefficient (Wildman–Crippen LogP) is 2.09. The average molecular weight is 359 g/mol. The Balaban J connectivity index is 1.97. The van der Waals surface area contributed by atoms with Crippen molar-refractivity contribution in [2.75, 3.05) is 11.8 Å². The summed E-state index contributed by atoms with van der Waals surface area (Å²) in [5.41, 5.74) is 0.804. The number of ether oxygens (including phenoxy) is 1. The summed E-state index contributed by atoms with van der Waals surface area (Å²) in [6, 6.07) is 6.48. The van der Waals surface area contributed by atoms with Gasteiger partial charge in [-0.1, -0.05) is 6.07 Å². The number of benzene rings is 1. The summed E-state index contributed by atoms with van der Waals surface area (Å²) in [5.74, 6) is 1.66. The molecule has 3 aromatic rings. The fourth-order valence-corrected chi connectivity index (χ4v) is 3.60. The summed E-state index contributed by atoms with van der Waals surface area (Å²) in [6.07, 6.45) is 4.67. The maximum Gasteiger partial charge on any atom is 0.266 e. The lowest BCUT2D eigenvalue weighted by molar-refractivity contribution is 0.402. The SMILES string of the molecule is COc1ccc(C)cc1S(=O)(=O)Nc1cc(-n2ccnc2C)ncn1. The molecule has 0 amide bonds. The number of nitrogens with one attached hydrogen (secondary N) is 1. The van der Waals surface area contributed by atoms with E-state index in [1.807, 2.05) is 13.8 Å². The van der Waals surface area contributed by atoms with E-state index in [-0.39, 0.29) is 16.5 Å². The van der Waals surface area contributed by atoms with Crippen molar-refractivity contribution >= 4 is 15.8 Å². The molecule has 2 heterocycles. The summed E-state index contributed by atoms with van der Waals surface area (Å²) in [5, 5.41) is 0. The quantitative estimate of drug-likeness (QED) is 0.749. The van der Waals surface area contributed by atoms with Crippen LogP contribution in [0.15, 0.2) is 47.9 Å². The predicted molar refractivity (Wildman–Crippen MR) is 92.4 cm³/mol. The van der Waals surface area contributed by atoms with Crippen LogP contribution in [0.4, 0.5) is 5.82 Å². The molecule has 9 heteroatoms. The van der Waals surface area contributed by atoms with Gasteiger partial charge in [0.15, 0.2) is 0 Å². The molecule has 0 aliphatic heterocycles. The highest BCUT2D eigenvalue weighted by Gasteiger charge is 2.20. The first-order valence-corrected chi connectivity index (χ1v) is 8.89. The van der Waals surface area contributed by atoms with E-state index in [0.717, 1.165) is 11.4 Å². The fraction of sp³-hybridized carbons (Fsp3) is 0.188. The van der Waals surface area contributed by atoms with Gasteiger partial charge < -0.3 is 4.74 Å². The van der Waals surface area contributed by atoms with Gasteiger partial charge >= 0.3 is 0 Å². The Hall–Kier alpha value is -2.94. The number of anilines is 1. The molecule has 0 bridgehead atoms. The van der Waals surface area contributed by atoms with Crippen LogP contribution in [0.2, 0.25) is 0 Å². The summed E-state index contributed by atoms with van der Waals surface area (Å²) in [7, 11) is -2.44. The molecule has 0 saturated carbocycles. The Morgan fingerprint density at radius 2 is 1.92 bits per heavy atom. The fourth-order valence-electron chi connectivity index (χ4n) is 2.34. The van der Waals surface area contributed by atoms with Crippen LogP contribution in [0.25, 0.3) is 5.82 Å². The topological polar surface area (TPSA) is 99.0 Å². The molecule has 0 aliphatic rings. The number of aromatic nitrogens is 4. The monoisotopic (exact) mass is 359 g/mol. The first-order valence-electron chi connectivity index (χ1n) is 7.40. The molecule has 2 aromatic heterocycles. The maximum atomic E-state index is 12.7. The van der Waals surface area contributed by atoms with Crippen molar-refractivity contribution in [1.82, 2.24) is 19.5 Å². The molecule has 8 nitrogen and oxygen atoms in total. The van der Waals surface area contributed by atoms with Crippen LogP contribution in [0, 0.1) is 13.8 Å². The van der Waals surface area contributed by atoms with Gasteiger partial charge in [0.25, 0.3) is 10.0 Å². The van der Waals surface area contributed by atoms with Crippen LogP contribution in [0.5, 0.6) is 5.75 Å². The number of sulfonamides is 1. The molecular formula is C16H17N5O3S. The van der Waals surface area contributed by atoms with Crippen LogP contribution in [-0.2, 0) is 10.0 Å². The van der Waals surface area contributed by atoms with E-state index in [0.29, 0.717) is 5.82 Å². The number of rotatable bonds is 5. The molecule has 0 unspecified atom stereocenters. The average Bonchev–Trinajstić information content (AvgIpc) is 3.01. The van der Waals surface area contributed by atoms with Gasteiger partial charge in [0.05, 0.1) is 7.11 Å². The van der Waals surface area contributed by atoms with E-state index < -0.39 is 10.0 Å². The van der Waals surface area contributed by atoms with Gasteiger partial charge in [-0.2, -0.15) is 0 Å². The second kappa shape index (κ2) is 6.52. The van der Waals surface area contributed by atoms with E-state index >= 15 is 0 Å². The lowest BCUT2D eigenvalue weighted by Crippen LogP contribution is -2.15. The van der Waals surface area contributed by atoms with Gasteiger partial charge in [0.1, 0.15) is 34.4 Å². The molecule has 0 saturated heterocycles. The summed E-state index contributed by atoms with van der Waals surface area (Å²) < 4.78 is 34.8. The second-order valence-corrected chi connectivity index (χ2v) is 7.02. The Morgan fingerprint density at radius 1 is 1.12 bits per heavy atom. The maximum absolute atomic E-state index is 12.7. The van der Waals surface area contributed by atoms with Crippen molar-refractivity contribution in [2.24, 2.45) is 0 Å². The standard InChI is InChI=1S/C16H17N5O3S/c1-11-4-5-13(24-3)14(8-11)25(22,23)20-15-9-16(19-10-18-15)21-7-6-17-12(21)2/h4-10H,1-3H3,(H,18,19,20). The van der Waals surface area contributed by atoms with Gasteiger partial charge in [-0.15, -0.1) is 0 Å². The van der Waals surface area contributed by atoms with Gasteiger partial charge in [0, 0.05) is 18.5 Å². The van der Waals surface area contributed by atoms with E-state index in [1.54, 1.807) is 35.2 Å². The zero-order valence-corrected chi connectivity index (χ0v) is 14.8. The lowest BCUT2D eigenvalue weighted by Gasteiger charge is -2.12. The number of nitrogens with zero attached hydrogens (tertiary/aromatic N) is 4. The Kier molecular flexibility index (Phi) is 4.41. The van der Waals surface area contributed by atoms with Crippen LogP contribution >= 0.6 is 0 Å². The van der Waals surface area contributed by atoms with Crippen LogP contribution in [-0.4, -0.2) is 35.0 Å². The highest BCUT2D eigenvalue weighted by molar-refractivity contribution is 7.92. The van der Waals surface area contributed by atoms with Crippen molar-refractivity contribution in [3.8, 4) is 11.6 Å². The molecule has 1 aromatic carbocycles. The first-order chi connectivity index (χ1) is 11.9. The van der Waals surface area contributed by atoms with Gasteiger partial charge in [0.2, 0.25) is 0 Å². The minimum Gasteiger partial charge on any atom is -0.495 e. The minimum atomic E-state index is -3.86. The number of methoxy groups -OCH3 is 1. The van der Waals surface area contributed by atoms with Crippen molar-refractivity contribution in [3.05, 3.63) is 54.4 Å². The molecular weight excluding hydrogens is 342 g/mol. The third-order valence-corrected chi connectivity index (χ3v) is 4.95. The molecule has 0 fully saturated rings. The van der Waals surface area contributed by atoms with E-state index in [9.17, 15) is 8.42 Å². The zero-order chi connectivity index (χ0) is 18.0. The minimum absolute atomic E-state index is 0.0500. The lowest BCUT2D eigenvalue weighted by atomic mass is 10.2. The van der Waals surface area contributed by atoms with Crippen molar-refractivity contribution in [2.45, 2.75) is 18.7 Å². The van der Waals surface area contributed by atoms with Crippen molar-refractivity contribution < 1.29 is 13.2 Å². The molecule has 3 rings (SSSR count). The normalized spacial score (nSPS) is 11.3. The third kappa shape index (κ3) is 3.45. The Bertz CT molecular complexity index is 1010. The largest absolute Gasteiger partial charge is 0.495 e. The number of aryl methyl sites for hydroxylation is 2. The summed E-state index contributed by atoms with van der Waals surface area (Å²) in [4.78, 5) is 12.3. The van der Waals surface area contributed by atoms with Crippen molar-refractivity contribution in [3.63, 3.8) is 0 Å². The number of hydrogen-bond acceptors (Lipinski definition) is 6. The highest BCUT2D eigenvalue weighted by Crippen LogP contribution is 2.26. The number of hydrogen-bond donors (Lipinski definition) is 1. The van der Waals surface area contributed by atoms with E-state index in [2.05, 4.69) is 19.7 Å². The highest BCUT2D eigenvalue weighted by atomic mass is 32.2. The van der Waals surface area contributed by atoms with Gasteiger partial charge in [-0.3, -0.25) is 9.29 Å². The molecule has 0 aliphatic carbocycles. The number of imidazole rings is 1. The zero-order valence-electron chi connectivity index (χ0n) is 14.0. The van der Waals surface area contributed by atoms with E-state index in [1.165, 1.54) is 19.5 Å². The Morgan fingerprint density at radius 3 is 2.60 bits per heavy atom. The molecule has 0 radical (unpaired) electrons. The molecule has 0 atom stereocenters. The van der Waals surface area contributed by atoms with Crippen LogP contribution < -0.4 is 9.46 Å². The third-order valence-electron chi connectivity index (χ3n) is 3.57. The second-order valence-electron chi connectivity index (χ2n) is 5.37. The van der Waals surface area contributed by atoms with Crippen LogP contribution in [0.3, 0.4) is 0 Å². The van der Waals surface area contributed by atoms with E-state index in [4.69, 9.17) is 4.74 Å². The Labute approximate surface area is 145 Å². The smallest absolute Gasteiger partial charge is 0.266 e. The van der Waals surface area contributed by atoms with Gasteiger partial charge in [-0.25, -0.2) is 23.4 Å². The first kappa shape index (κ1) is 16.9. The van der Waals surface area contributed by atoms with Crippen molar-refractivity contribution in [1.29, 1.82) is 0 Å². The summed E-state index contributed by atoms with van der Waals surface area (Å²) in [6.45, 7) is 3.63. The molecule has 0 spiro atoms. The molecule has 25 heavy (non-hydrogen) atoms. The van der Waals surface area contributed by atoms with Crippen LogP contribution in [0.1, 0.15) is 11.4 Å².